The van der Waals surface area contributed by atoms with Crippen LogP contribution in [-0.4, -0.2) is 23.3 Å². The van der Waals surface area contributed by atoms with Crippen LogP contribution in [0, 0.1) is 12.8 Å². The summed E-state index contributed by atoms with van der Waals surface area (Å²) < 4.78 is 5.43. The first kappa shape index (κ1) is 14.2. The number of nitrogens with one attached hydrogen (secondary N) is 1. The first-order valence-electron chi connectivity index (χ1n) is 6.74. The number of aryl methyl sites for hydroxylation is 2. The van der Waals surface area contributed by atoms with Crippen molar-refractivity contribution in [2.24, 2.45) is 5.92 Å². The van der Waals surface area contributed by atoms with E-state index >= 15 is 0 Å². The second kappa shape index (κ2) is 6.82. The highest BCUT2D eigenvalue weighted by atomic mass is 32.1. The van der Waals surface area contributed by atoms with Crippen LogP contribution in [0.4, 0.5) is 0 Å². The minimum Gasteiger partial charge on any atom is -0.461 e. The lowest BCUT2D eigenvalue weighted by Gasteiger charge is -2.05. The van der Waals surface area contributed by atoms with E-state index in [4.69, 9.17) is 4.42 Å². The van der Waals surface area contributed by atoms with Gasteiger partial charge in [0.2, 0.25) is 0 Å². The summed E-state index contributed by atoms with van der Waals surface area (Å²) in [6, 6.07) is 1.95. The Labute approximate surface area is 118 Å². The molecular weight excluding hydrogens is 258 g/mol. The number of nitrogens with zero attached hydrogens (tertiary/aromatic N) is 2. The lowest BCUT2D eigenvalue weighted by molar-refractivity contribution is 0.542. The van der Waals surface area contributed by atoms with Crippen LogP contribution in [0.5, 0.6) is 0 Å². The SMILES string of the molecule is Cc1ccoc1-c1nnc(CCCNCC(C)C)s1. The van der Waals surface area contributed by atoms with E-state index < -0.39 is 0 Å². The number of hydrogen-bond donors (Lipinski definition) is 1. The maximum atomic E-state index is 5.43. The summed E-state index contributed by atoms with van der Waals surface area (Å²) in [5.74, 6) is 1.55. The molecule has 5 heteroatoms. The molecule has 0 aliphatic carbocycles. The third-order valence-corrected chi connectivity index (χ3v) is 3.80. The first-order chi connectivity index (χ1) is 9.16. The smallest absolute Gasteiger partial charge is 0.183 e. The van der Waals surface area contributed by atoms with E-state index in [9.17, 15) is 0 Å². The van der Waals surface area contributed by atoms with Crippen molar-refractivity contribution in [2.75, 3.05) is 13.1 Å². The van der Waals surface area contributed by atoms with Gasteiger partial charge < -0.3 is 9.73 Å². The highest BCUT2D eigenvalue weighted by Gasteiger charge is 2.11. The van der Waals surface area contributed by atoms with Crippen molar-refractivity contribution in [1.82, 2.24) is 15.5 Å². The van der Waals surface area contributed by atoms with E-state index in [1.165, 1.54) is 0 Å². The Balaban J connectivity index is 1.80. The summed E-state index contributed by atoms with van der Waals surface area (Å²) >= 11 is 1.63. The Kier molecular flexibility index (Phi) is 5.10. The number of rotatable bonds is 7. The number of aromatic nitrogens is 2. The molecular formula is C14H21N3OS. The Morgan fingerprint density at radius 3 is 2.89 bits per heavy atom. The average Bonchev–Trinajstić information content (AvgIpc) is 2.97. The van der Waals surface area contributed by atoms with Gasteiger partial charge in [-0.3, -0.25) is 0 Å². The van der Waals surface area contributed by atoms with Crippen LogP contribution in [0.25, 0.3) is 10.8 Å². The molecule has 0 aromatic carbocycles. The van der Waals surface area contributed by atoms with Gasteiger partial charge in [-0.2, -0.15) is 0 Å². The predicted octanol–water partition coefficient (Wildman–Crippen LogP) is 3.28. The summed E-state index contributed by atoms with van der Waals surface area (Å²) in [4.78, 5) is 0. The van der Waals surface area contributed by atoms with E-state index in [-0.39, 0.29) is 0 Å². The fourth-order valence-corrected chi connectivity index (χ4v) is 2.73. The van der Waals surface area contributed by atoms with Crippen molar-refractivity contribution in [3.63, 3.8) is 0 Å². The number of furan rings is 1. The zero-order valence-electron chi connectivity index (χ0n) is 11.8. The van der Waals surface area contributed by atoms with Crippen LogP contribution in [0.15, 0.2) is 16.7 Å². The van der Waals surface area contributed by atoms with Crippen molar-refractivity contribution in [2.45, 2.75) is 33.6 Å². The van der Waals surface area contributed by atoms with Gasteiger partial charge in [-0.05, 0) is 44.0 Å². The third-order valence-electron chi connectivity index (χ3n) is 2.82. The molecule has 0 bridgehead atoms. The highest BCUT2D eigenvalue weighted by Crippen LogP contribution is 2.27. The topological polar surface area (TPSA) is 51.0 Å². The van der Waals surface area contributed by atoms with Gasteiger partial charge in [-0.25, -0.2) is 0 Å². The maximum Gasteiger partial charge on any atom is 0.183 e. The summed E-state index contributed by atoms with van der Waals surface area (Å²) in [5, 5.41) is 13.8. The second-order valence-corrected chi connectivity index (χ2v) is 6.20. The van der Waals surface area contributed by atoms with E-state index in [1.54, 1.807) is 17.6 Å². The molecule has 2 heterocycles. The fourth-order valence-electron chi connectivity index (χ4n) is 1.79. The molecule has 0 fully saturated rings. The summed E-state index contributed by atoms with van der Waals surface area (Å²) in [7, 11) is 0. The molecule has 0 atom stereocenters. The Bertz CT molecular complexity index is 504. The van der Waals surface area contributed by atoms with E-state index in [2.05, 4.69) is 29.4 Å². The molecule has 0 aliphatic rings. The minimum absolute atomic E-state index is 0.704. The van der Waals surface area contributed by atoms with E-state index in [1.807, 2.05) is 13.0 Å². The van der Waals surface area contributed by atoms with E-state index in [0.29, 0.717) is 5.92 Å². The largest absolute Gasteiger partial charge is 0.461 e. The lowest BCUT2D eigenvalue weighted by atomic mass is 10.2. The average molecular weight is 279 g/mol. The zero-order chi connectivity index (χ0) is 13.7. The van der Waals surface area contributed by atoms with Gasteiger partial charge in [-0.15, -0.1) is 10.2 Å². The van der Waals surface area contributed by atoms with Gasteiger partial charge in [0.15, 0.2) is 10.8 Å². The summed E-state index contributed by atoms with van der Waals surface area (Å²) in [6.07, 6.45) is 3.77. The quantitative estimate of drug-likeness (QED) is 0.790. The standard InChI is InChI=1S/C14H21N3OS/c1-10(2)9-15-7-4-5-12-16-17-14(19-12)13-11(3)6-8-18-13/h6,8,10,15H,4-5,7,9H2,1-3H3. The zero-order valence-corrected chi connectivity index (χ0v) is 12.6. The van der Waals surface area contributed by atoms with Gasteiger partial charge in [0, 0.05) is 6.42 Å². The first-order valence-corrected chi connectivity index (χ1v) is 7.56. The molecule has 0 aliphatic heterocycles. The molecule has 0 saturated heterocycles. The molecule has 2 rings (SSSR count). The molecule has 1 N–H and O–H groups in total. The van der Waals surface area contributed by atoms with Crippen molar-refractivity contribution in [3.8, 4) is 10.8 Å². The van der Waals surface area contributed by atoms with Crippen molar-refractivity contribution < 1.29 is 4.42 Å². The minimum atomic E-state index is 0.704. The molecule has 2 aromatic rings. The molecule has 19 heavy (non-hydrogen) atoms. The Morgan fingerprint density at radius 2 is 2.21 bits per heavy atom. The predicted molar refractivity (Wildman–Crippen MR) is 78.4 cm³/mol. The summed E-state index contributed by atoms with van der Waals surface area (Å²) in [6.45, 7) is 8.57. The molecule has 104 valence electrons. The maximum absolute atomic E-state index is 5.43. The Hall–Kier alpha value is -1.20. The van der Waals surface area contributed by atoms with Gasteiger partial charge in [0.05, 0.1) is 6.26 Å². The van der Waals surface area contributed by atoms with Gasteiger partial charge in [-0.1, -0.05) is 25.2 Å². The van der Waals surface area contributed by atoms with Crippen LogP contribution in [0.1, 0.15) is 30.8 Å². The monoisotopic (exact) mass is 279 g/mol. The highest BCUT2D eigenvalue weighted by molar-refractivity contribution is 7.14. The van der Waals surface area contributed by atoms with Gasteiger partial charge in [0.1, 0.15) is 5.01 Å². The molecule has 0 saturated carbocycles. The fraction of sp³-hybridized carbons (Fsp3) is 0.571. The molecule has 2 aromatic heterocycles. The van der Waals surface area contributed by atoms with E-state index in [0.717, 1.165) is 47.3 Å². The van der Waals surface area contributed by atoms with Crippen LogP contribution in [0.2, 0.25) is 0 Å². The molecule has 0 amide bonds. The molecule has 0 spiro atoms. The van der Waals surface area contributed by atoms with Crippen molar-refractivity contribution >= 4 is 11.3 Å². The Morgan fingerprint density at radius 1 is 1.37 bits per heavy atom. The van der Waals surface area contributed by atoms with Crippen molar-refractivity contribution in [1.29, 1.82) is 0 Å². The van der Waals surface area contributed by atoms with Crippen LogP contribution >= 0.6 is 11.3 Å². The normalized spacial score (nSPS) is 11.4. The number of hydrogen-bond acceptors (Lipinski definition) is 5. The van der Waals surface area contributed by atoms with Crippen LogP contribution in [0.3, 0.4) is 0 Å². The molecule has 0 radical (unpaired) electrons. The van der Waals surface area contributed by atoms with Gasteiger partial charge in [0.25, 0.3) is 0 Å². The van der Waals surface area contributed by atoms with Crippen LogP contribution in [-0.2, 0) is 6.42 Å². The third kappa shape index (κ3) is 4.14. The van der Waals surface area contributed by atoms with Gasteiger partial charge >= 0.3 is 0 Å². The van der Waals surface area contributed by atoms with Crippen molar-refractivity contribution in [3.05, 3.63) is 22.9 Å². The van der Waals surface area contributed by atoms with Crippen LogP contribution < -0.4 is 5.32 Å². The summed E-state index contributed by atoms with van der Waals surface area (Å²) in [5.41, 5.74) is 1.11. The molecule has 4 nitrogen and oxygen atoms in total. The second-order valence-electron chi connectivity index (χ2n) is 5.14. The molecule has 0 unspecified atom stereocenters. The lowest BCUT2D eigenvalue weighted by Crippen LogP contribution is -2.21.